The average Bonchev–Trinajstić information content (AvgIpc) is 3.17. The summed E-state index contributed by atoms with van der Waals surface area (Å²) in [6, 6.07) is 14.9. The number of sulfonamides is 1. The van der Waals surface area contributed by atoms with Crippen LogP contribution in [0.4, 0.5) is 11.4 Å². The van der Waals surface area contributed by atoms with Gasteiger partial charge in [0.15, 0.2) is 0 Å². The number of primary sulfonamides is 1. The molecule has 1 aliphatic rings. The number of aryl methyl sites for hydroxylation is 1. The number of nitrogens with zero attached hydrogens (tertiary/aromatic N) is 3. The van der Waals surface area contributed by atoms with Crippen LogP contribution in [0, 0.1) is 17.0 Å². The van der Waals surface area contributed by atoms with Crippen LogP contribution in [0.1, 0.15) is 27.9 Å². The number of rotatable bonds is 8. The Morgan fingerprint density at radius 1 is 1.10 bits per heavy atom. The zero-order valence-corrected chi connectivity index (χ0v) is 22.2. The molecule has 3 aromatic carbocycles. The van der Waals surface area contributed by atoms with E-state index in [0.29, 0.717) is 11.3 Å². The van der Waals surface area contributed by atoms with Crippen LogP contribution >= 0.6 is 11.6 Å². The molecule has 2 N–H and O–H groups in total. The molecule has 0 saturated carbocycles. The third kappa shape index (κ3) is 5.98. The van der Waals surface area contributed by atoms with Crippen LogP contribution in [-0.2, 0) is 26.0 Å². The lowest BCUT2D eigenvalue weighted by atomic mass is 10.1. The highest BCUT2D eigenvalue weighted by molar-refractivity contribution is 7.89. The number of hydrogen-bond donors (Lipinski definition) is 1. The van der Waals surface area contributed by atoms with Crippen molar-refractivity contribution in [3.8, 4) is 0 Å². The molecule has 3 aromatic rings. The minimum Gasteiger partial charge on any atom is -0.326 e. The molecule has 202 valence electrons. The molecule has 0 aromatic heterocycles. The number of carbonyl (C=O) groups is 3. The molecule has 1 atom stereocenters. The van der Waals surface area contributed by atoms with E-state index in [1.54, 1.807) is 24.3 Å². The second-order valence-corrected chi connectivity index (χ2v) is 11.0. The van der Waals surface area contributed by atoms with Gasteiger partial charge in [0.2, 0.25) is 15.9 Å². The molecule has 11 nitrogen and oxygen atoms in total. The van der Waals surface area contributed by atoms with Crippen LogP contribution in [0.5, 0.6) is 0 Å². The average molecular weight is 571 g/mol. The fraction of sp³-hybridized carbons (Fsp3) is 0.192. The van der Waals surface area contributed by atoms with Crippen molar-refractivity contribution in [2.24, 2.45) is 5.14 Å². The SMILES string of the molecule is Cc1ccc(N2C(=O)CC(N(CCc3ccc(S(N)(=O)=O)cc3)C(=O)c3ccc(Cl)c([N+](=O)[O-])c3)C2=O)cc1. The first kappa shape index (κ1) is 27.9. The summed E-state index contributed by atoms with van der Waals surface area (Å²) in [5, 5.41) is 16.4. The van der Waals surface area contributed by atoms with E-state index in [-0.39, 0.29) is 34.9 Å². The molecule has 0 aliphatic carbocycles. The quantitative estimate of drug-likeness (QED) is 0.247. The smallest absolute Gasteiger partial charge is 0.288 e. The van der Waals surface area contributed by atoms with Crippen LogP contribution in [0.25, 0.3) is 0 Å². The molecule has 1 unspecified atom stereocenters. The first-order chi connectivity index (χ1) is 18.4. The maximum atomic E-state index is 13.6. The molecule has 3 amide bonds. The molecule has 13 heteroatoms. The van der Waals surface area contributed by atoms with Crippen LogP contribution in [0.15, 0.2) is 71.6 Å². The maximum absolute atomic E-state index is 13.6. The first-order valence-electron chi connectivity index (χ1n) is 11.7. The molecule has 39 heavy (non-hydrogen) atoms. The molecule has 4 rings (SSSR count). The number of halogens is 1. The molecule has 1 fully saturated rings. The monoisotopic (exact) mass is 570 g/mol. The summed E-state index contributed by atoms with van der Waals surface area (Å²) in [5.74, 6) is -1.80. The van der Waals surface area contributed by atoms with Crippen molar-refractivity contribution >= 4 is 50.7 Å². The van der Waals surface area contributed by atoms with Gasteiger partial charge < -0.3 is 4.90 Å². The number of nitrogens with two attached hydrogens (primary N) is 1. The number of nitro benzene ring substituents is 1. The minimum atomic E-state index is -3.89. The molecule has 1 saturated heterocycles. The molecule has 1 aliphatic heterocycles. The zero-order valence-electron chi connectivity index (χ0n) is 20.6. The summed E-state index contributed by atoms with van der Waals surface area (Å²) in [5.41, 5.74) is 1.38. The van der Waals surface area contributed by atoms with E-state index >= 15 is 0 Å². The number of imide groups is 1. The van der Waals surface area contributed by atoms with Gasteiger partial charge in [0.05, 0.1) is 21.9 Å². The van der Waals surface area contributed by atoms with Crippen molar-refractivity contribution in [2.75, 3.05) is 11.4 Å². The van der Waals surface area contributed by atoms with Gasteiger partial charge in [-0.25, -0.2) is 18.5 Å². The first-order valence-corrected chi connectivity index (χ1v) is 13.6. The zero-order chi connectivity index (χ0) is 28.5. The summed E-state index contributed by atoms with van der Waals surface area (Å²) >= 11 is 5.91. The molecule has 0 radical (unpaired) electrons. The molecular formula is C26H23ClN4O7S. The number of hydrogen-bond acceptors (Lipinski definition) is 7. The van der Waals surface area contributed by atoms with E-state index in [0.717, 1.165) is 16.5 Å². The second kappa shape index (κ2) is 10.9. The van der Waals surface area contributed by atoms with Crippen LogP contribution in [0.2, 0.25) is 5.02 Å². The van der Waals surface area contributed by atoms with E-state index < -0.39 is 44.4 Å². The van der Waals surface area contributed by atoms with Crippen molar-refractivity contribution in [1.29, 1.82) is 0 Å². The molecule has 0 spiro atoms. The van der Waals surface area contributed by atoms with Crippen LogP contribution < -0.4 is 10.0 Å². The van der Waals surface area contributed by atoms with E-state index in [2.05, 4.69) is 0 Å². The number of nitro groups is 1. The predicted octanol–water partition coefficient (Wildman–Crippen LogP) is 3.22. The Morgan fingerprint density at radius 2 is 1.74 bits per heavy atom. The van der Waals surface area contributed by atoms with E-state index in [1.165, 1.54) is 41.3 Å². The van der Waals surface area contributed by atoms with Crippen molar-refractivity contribution in [3.05, 3.63) is 98.6 Å². The highest BCUT2D eigenvalue weighted by atomic mass is 35.5. The Hall–Kier alpha value is -4.13. The van der Waals surface area contributed by atoms with E-state index in [4.69, 9.17) is 16.7 Å². The maximum Gasteiger partial charge on any atom is 0.288 e. The van der Waals surface area contributed by atoms with Crippen molar-refractivity contribution in [3.63, 3.8) is 0 Å². The number of anilines is 1. The second-order valence-electron chi connectivity index (χ2n) is 8.98. The lowest BCUT2D eigenvalue weighted by Gasteiger charge is -2.28. The van der Waals surface area contributed by atoms with Gasteiger partial charge in [-0.1, -0.05) is 41.4 Å². The third-order valence-corrected chi connectivity index (χ3v) is 7.58. The fourth-order valence-electron chi connectivity index (χ4n) is 4.27. The summed E-state index contributed by atoms with van der Waals surface area (Å²) in [6.45, 7) is 1.82. The van der Waals surface area contributed by atoms with Crippen molar-refractivity contribution in [2.45, 2.75) is 30.7 Å². The van der Waals surface area contributed by atoms with E-state index in [9.17, 15) is 32.9 Å². The van der Waals surface area contributed by atoms with Crippen molar-refractivity contribution < 1.29 is 27.7 Å². The van der Waals surface area contributed by atoms with Gasteiger partial charge in [-0.15, -0.1) is 0 Å². The summed E-state index contributed by atoms with van der Waals surface area (Å²) < 4.78 is 23.1. The molecule has 1 heterocycles. The number of carbonyl (C=O) groups excluding carboxylic acids is 3. The molecule has 0 bridgehead atoms. The van der Waals surface area contributed by atoms with Gasteiger partial charge in [0, 0.05) is 18.2 Å². The lowest BCUT2D eigenvalue weighted by molar-refractivity contribution is -0.384. The summed E-state index contributed by atoms with van der Waals surface area (Å²) in [4.78, 5) is 52.9. The predicted molar refractivity (Wildman–Crippen MR) is 143 cm³/mol. The van der Waals surface area contributed by atoms with Gasteiger partial charge in [-0.3, -0.25) is 24.5 Å². The van der Waals surface area contributed by atoms with Gasteiger partial charge in [0.25, 0.3) is 17.5 Å². The summed E-state index contributed by atoms with van der Waals surface area (Å²) in [6.07, 6.45) is -0.0900. The Morgan fingerprint density at radius 3 is 2.33 bits per heavy atom. The van der Waals surface area contributed by atoms with Crippen molar-refractivity contribution in [1.82, 2.24) is 4.90 Å². The van der Waals surface area contributed by atoms with Gasteiger partial charge in [-0.05, 0) is 55.3 Å². The third-order valence-electron chi connectivity index (χ3n) is 6.34. The van der Waals surface area contributed by atoms with Crippen LogP contribution in [-0.4, -0.2) is 48.5 Å². The topological polar surface area (TPSA) is 161 Å². The Labute approximate surface area is 229 Å². The Balaban J connectivity index is 1.67. The molecular weight excluding hydrogens is 548 g/mol. The highest BCUT2D eigenvalue weighted by Crippen LogP contribution is 2.30. The normalized spacial score (nSPS) is 15.5. The van der Waals surface area contributed by atoms with Crippen LogP contribution in [0.3, 0.4) is 0 Å². The largest absolute Gasteiger partial charge is 0.326 e. The highest BCUT2D eigenvalue weighted by Gasteiger charge is 2.44. The van der Waals surface area contributed by atoms with Gasteiger partial charge in [0.1, 0.15) is 11.1 Å². The summed E-state index contributed by atoms with van der Waals surface area (Å²) in [7, 11) is -3.89. The van der Waals surface area contributed by atoms with Gasteiger partial charge >= 0.3 is 0 Å². The number of benzene rings is 3. The number of amides is 3. The van der Waals surface area contributed by atoms with E-state index in [1.807, 2.05) is 6.92 Å². The Kier molecular flexibility index (Phi) is 7.82. The lowest BCUT2D eigenvalue weighted by Crippen LogP contribution is -2.46. The Bertz CT molecular complexity index is 1570. The fourth-order valence-corrected chi connectivity index (χ4v) is 4.97. The minimum absolute atomic E-state index is 0.0462. The standard InChI is InChI=1S/C26H23ClN4O7S/c1-16-2-7-19(8-3-16)30-24(32)15-23(26(30)34)29(13-12-17-4-9-20(10-5-17)39(28,37)38)25(33)18-6-11-21(27)22(14-18)31(35)36/h2-11,14,23H,12-13,15H2,1H3,(H2,28,37,38). The van der Waals surface area contributed by atoms with Gasteiger partial charge in [-0.2, -0.15) is 0 Å².